The lowest BCUT2D eigenvalue weighted by Gasteiger charge is -2.07. The Morgan fingerprint density at radius 1 is 1.10 bits per heavy atom. The molecule has 2 aromatic rings. The number of rotatable bonds is 6. The van der Waals surface area contributed by atoms with Gasteiger partial charge in [0.1, 0.15) is 18.2 Å². The Bertz CT molecular complexity index is 602. The lowest BCUT2D eigenvalue weighted by atomic mass is 10.2. The van der Waals surface area contributed by atoms with Crippen molar-refractivity contribution in [3.05, 3.63) is 71.3 Å². The first-order chi connectivity index (χ1) is 10.1. The number of hydrogen-bond acceptors (Lipinski definition) is 2. The van der Waals surface area contributed by atoms with Crippen LogP contribution in [0.4, 0.5) is 8.78 Å². The number of carbonyl (C=O) groups is 1. The minimum atomic E-state index is -0.554. The summed E-state index contributed by atoms with van der Waals surface area (Å²) in [6, 6.07) is 12.5. The summed E-state index contributed by atoms with van der Waals surface area (Å²) < 4.78 is 31.5. The molecule has 0 spiro atoms. The van der Waals surface area contributed by atoms with Crippen molar-refractivity contribution < 1.29 is 18.3 Å². The number of carbonyl (C=O) groups excluding carboxylic acids is 1. The van der Waals surface area contributed by atoms with E-state index in [1.165, 1.54) is 0 Å². The van der Waals surface area contributed by atoms with Gasteiger partial charge in [-0.25, -0.2) is 8.78 Å². The number of ether oxygens (including phenoxy) is 1. The van der Waals surface area contributed by atoms with E-state index in [-0.39, 0.29) is 24.6 Å². The van der Waals surface area contributed by atoms with Crippen LogP contribution in [-0.2, 0) is 22.7 Å². The Morgan fingerprint density at radius 2 is 1.86 bits per heavy atom. The average Bonchev–Trinajstić information content (AvgIpc) is 2.49. The van der Waals surface area contributed by atoms with Gasteiger partial charge in [0.25, 0.3) is 0 Å². The fourth-order valence-corrected chi connectivity index (χ4v) is 1.76. The number of halogens is 2. The summed E-state index contributed by atoms with van der Waals surface area (Å²) >= 11 is 0. The molecule has 1 N–H and O–H groups in total. The maximum absolute atomic E-state index is 13.3. The zero-order chi connectivity index (χ0) is 15.1. The van der Waals surface area contributed by atoms with E-state index in [9.17, 15) is 13.6 Å². The summed E-state index contributed by atoms with van der Waals surface area (Å²) in [7, 11) is 0. The molecule has 0 saturated carbocycles. The fraction of sp³-hybridized carbons (Fsp3) is 0.188. The molecule has 0 bridgehead atoms. The van der Waals surface area contributed by atoms with Crippen LogP contribution < -0.4 is 5.32 Å². The van der Waals surface area contributed by atoms with Gasteiger partial charge in [-0.05, 0) is 23.8 Å². The van der Waals surface area contributed by atoms with Crippen LogP contribution in [-0.4, -0.2) is 12.5 Å². The minimum absolute atomic E-state index is 0.0723. The maximum Gasteiger partial charge on any atom is 0.246 e. The predicted molar refractivity (Wildman–Crippen MR) is 74.3 cm³/mol. The molecule has 0 radical (unpaired) electrons. The monoisotopic (exact) mass is 291 g/mol. The van der Waals surface area contributed by atoms with Gasteiger partial charge in [-0.3, -0.25) is 4.79 Å². The van der Waals surface area contributed by atoms with Crippen LogP contribution in [0.15, 0.2) is 48.5 Å². The summed E-state index contributed by atoms with van der Waals surface area (Å²) in [5, 5.41) is 2.48. The van der Waals surface area contributed by atoms with Gasteiger partial charge in [-0.2, -0.15) is 0 Å². The second-order valence-corrected chi connectivity index (χ2v) is 4.49. The molecule has 0 aliphatic carbocycles. The largest absolute Gasteiger partial charge is 0.367 e. The Balaban J connectivity index is 1.74. The first-order valence-corrected chi connectivity index (χ1v) is 6.47. The Kier molecular flexibility index (Phi) is 5.40. The molecule has 0 unspecified atom stereocenters. The standard InChI is InChI=1S/C16H15F2NO2/c17-14-6-7-15(18)13(8-14)9-19-16(20)11-21-10-12-4-2-1-3-5-12/h1-8H,9-11H2,(H,19,20). The van der Waals surface area contributed by atoms with Crippen molar-refractivity contribution in [2.24, 2.45) is 0 Å². The zero-order valence-corrected chi connectivity index (χ0v) is 11.3. The SMILES string of the molecule is O=C(COCc1ccccc1)NCc1cc(F)ccc1F. The van der Waals surface area contributed by atoms with Crippen LogP contribution in [0.5, 0.6) is 0 Å². The zero-order valence-electron chi connectivity index (χ0n) is 11.3. The highest BCUT2D eigenvalue weighted by Crippen LogP contribution is 2.09. The van der Waals surface area contributed by atoms with Crippen LogP contribution in [0.1, 0.15) is 11.1 Å². The van der Waals surface area contributed by atoms with Crippen LogP contribution >= 0.6 is 0 Å². The predicted octanol–water partition coefficient (Wildman–Crippen LogP) is 2.80. The molecule has 0 heterocycles. The molecule has 5 heteroatoms. The summed E-state index contributed by atoms with van der Waals surface area (Å²) in [6.45, 7) is 0.117. The molecule has 0 aliphatic heterocycles. The topological polar surface area (TPSA) is 38.3 Å². The van der Waals surface area contributed by atoms with Gasteiger partial charge in [0.2, 0.25) is 5.91 Å². The molecule has 0 aliphatic rings. The second-order valence-electron chi connectivity index (χ2n) is 4.49. The van der Waals surface area contributed by atoms with Gasteiger partial charge in [-0.15, -0.1) is 0 Å². The molecule has 21 heavy (non-hydrogen) atoms. The highest BCUT2D eigenvalue weighted by Gasteiger charge is 2.06. The molecule has 1 amide bonds. The van der Waals surface area contributed by atoms with Crippen LogP contribution in [0.3, 0.4) is 0 Å². The van der Waals surface area contributed by atoms with E-state index in [1.54, 1.807) is 0 Å². The quantitative estimate of drug-likeness (QED) is 0.888. The maximum atomic E-state index is 13.3. The van der Waals surface area contributed by atoms with Gasteiger partial charge in [0.15, 0.2) is 0 Å². The second kappa shape index (κ2) is 7.50. The third-order valence-corrected chi connectivity index (χ3v) is 2.83. The molecule has 0 saturated heterocycles. The molecule has 110 valence electrons. The third kappa shape index (κ3) is 4.96. The summed E-state index contributed by atoms with van der Waals surface area (Å²) in [4.78, 5) is 11.6. The summed E-state index contributed by atoms with van der Waals surface area (Å²) in [5.41, 5.74) is 1.06. The van der Waals surface area contributed by atoms with Crippen molar-refractivity contribution in [2.45, 2.75) is 13.2 Å². The Hall–Kier alpha value is -2.27. The number of benzene rings is 2. The van der Waals surface area contributed by atoms with Gasteiger partial charge in [0.05, 0.1) is 6.61 Å². The van der Waals surface area contributed by atoms with Crippen LogP contribution in [0, 0.1) is 11.6 Å². The number of nitrogens with one attached hydrogen (secondary N) is 1. The van der Waals surface area contributed by atoms with E-state index in [0.29, 0.717) is 6.61 Å². The Labute approximate surface area is 121 Å². The van der Waals surface area contributed by atoms with Crippen molar-refractivity contribution in [3.63, 3.8) is 0 Å². The van der Waals surface area contributed by atoms with E-state index in [0.717, 1.165) is 23.8 Å². The number of hydrogen-bond donors (Lipinski definition) is 1. The van der Waals surface area contributed by atoms with Crippen LogP contribution in [0.25, 0.3) is 0 Å². The first-order valence-electron chi connectivity index (χ1n) is 6.47. The fourth-order valence-electron chi connectivity index (χ4n) is 1.76. The van der Waals surface area contributed by atoms with Crippen molar-refractivity contribution in [2.75, 3.05) is 6.61 Å². The van der Waals surface area contributed by atoms with Gasteiger partial charge < -0.3 is 10.1 Å². The summed E-state index contributed by atoms with van der Waals surface area (Å²) in [5.74, 6) is -1.47. The highest BCUT2D eigenvalue weighted by atomic mass is 19.1. The average molecular weight is 291 g/mol. The third-order valence-electron chi connectivity index (χ3n) is 2.83. The van der Waals surface area contributed by atoms with Crippen molar-refractivity contribution in [1.29, 1.82) is 0 Å². The molecule has 0 aromatic heterocycles. The molecule has 2 rings (SSSR count). The molecule has 0 fully saturated rings. The normalized spacial score (nSPS) is 10.4. The smallest absolute Gasteiger partial charge is 0.246 e. The highest BCUT2D eigenvalue weighted by molar-refractivity contribution is 5.77. The minimum Gasteiger partial charge on any atom is -0.367 e. The van der Waals surface area contributed by atoms with Crippen molar-refractivity contribution in [1.82, 2.24) is 5.32 Å². The van der Waals surface area contributed by atoms with Crippen molar-refractivity contribution in [3.8, 4) is 0 Å². The number of amides is 1. The van der Waals surface area contributed by atoms with E-state index >= 15 is 0 Å². The van der Waals surface area contributed by atoms with Crippen molar-refractivity contribution >= 4 is 5.91 Å². The van der Waals surface area contributed by atoms with E-state index in [2.05, 4.69) is 5.32 Å². The molecular weight excluding hydrogens is 276 g/mol. The van der Waals surface area contributed by atoms with E-state index in [4.69, 9.17) is 4.74 Å². The van der Waals surface area contributed by atoms with Gasteiger partial charge in [-0.1, -0.05) is 30.3 Å². The summed E-state index contributed by atoms with van der Waals surface area (Å²) in [6.07, 6.45) is 0. The van der Waals surface area contributed by atoms with Gasteiger partial charge >= 0.3 is 0 Å². The lowest BCUT2D eigenvalue weighted by molar-refractivity contribution is -0.126. The van der Waals surface area contributed by atoms with E-state index < -0.39 is 11.6 Å². The van der Waals surface area contributed by atoms with E-state index in [1.807, 2.05) is 30.3 Å². The van der Waals surface area contributed by atoms with Gasteiger partial charge in [0, 0.05) is 12.1 Å². The molecule has 3 nitrogen and oxygen atoms in total. The Morgan fingerprint density at radius 3 is 2.62 bits per heavy atom. The lowest BCUT2D eigenvalue weighted by Crippen LogP contribution is -2.27. The molecule has 2 aromatic carbocycles. The molecular formula is C16H15F2NO2. The first kappa shape index (κ1) is 15.1. The molecule has 0 atom stereocenters. The van der Waals surface area contributed by atoms with Crippen LogP contribution in [0.2, 0.25) is 0 Å².